The third-order valence-electron chi connectivity index (χ3n) is 6.99. The lowest BCUT2D eigenvalue weighted by molar-refractivity contribution is 0.0600. The number of nitrogens with one attached hydrogen (secondary N) is 1. The van der Waals surface area contributed by atoms with Crippen molar-refractivity contribution in [1.29, 1.82) is 0 Å². The normalized spacial score (nSPS) is 13.4. The summed E-state index contributed by atoms with van der Waals surface area (Å²) in [5, 5.41) is 2.93. The number of halogens is 1. The van der Waals surface area contributed by atoms with Crippen molar-refractivity contribution in [3.63, 3.8) is 0 Å². The number of hydrogen-bond acceptors (Lipinski definition) is 6. The van der Waals surface area contributed by atoms with Crippen LogP contribution in [0.3, 0.4) is 0 Å². The summed E-state index contributed by atoms with van der Waals surface area (Å²) < 4.78 is 29.6. The average Bonchev–Trinajstić information content (AvgIpc) is 3.02. The molecule has 8 heteroatoms. The molecule has 1 aliphatic heterocycles. The average molecular weight is 555 g/mol. The van der Waals surface area contributed by atoms with Crippen molar-refractivity contribution in [2.24, 2.45) is 5.92 Å². The molecule has 0 aliphatic carbocycles. The Labute approximate surface area is 238 Å². The van der Waals surface area contributed by atoms with Crippen LogP contribution in [0.2, 0.25) is 0 Å². The van der Waals surface area contributed by atoms with Crippen LogP contribution in [-0.4, -0.2) is 38.7 Å². The number of carbonyl (C=O) groups is 2. The summed E-state index contributed by atoms with van der Waals surface area (Å²) in [5.41, 5.74) is 2.72. The SMILES string of the molecule is COC(=O)c1cccc(OCC2CCN(c3ccc(NC(=O)c4cccc(Oc5ccc(F)cc5)c4)cc3)CC2)c1. The van der Waals surface area contributed by atoms with Crippen molar-refractivity contribution in [1.82, 2.24) is 0 Å². The topological polar surface area (TPSA) is 77.1 Å². The highest BCUT2D eigenvalue weighted by atomic mass is 19.1. The summed E-state index contributed by atoms with van der Waals surface area (Å²) in [6, 6.07) is 27.4. The highest BCUT2D eigenvalue weighted by molar-refractivity contribution is 6.04. The van der Waals surface area contributed by atoms with Gasteiger partial charge in [0.1, 0.15) is 23.1 Å². The Bertz CT molecular complexity index is 1480. The van der Waals surface area contributed by atoms with Crippen LogP contribution in [0, 0.1) is 11.7 Å². The number of piperidine rings is 1. The maximum absolute atomic E-state index is 13.1. The first-order valence-corrected chi connectivity index (χ1v) is 13.5. The van der Waals surface area contributed by atoms with Gasteiger partial charge < -0.3 is 24.4 Å². The van der Waals surface area contributed by atoms with Gasteiger partial charge in [0.05, 0.1) is 19.3 Å². The van der Waals surface area contributed by atoms with E-state index in [1.807, 2.05) is 30.3 Å². The molecular formula is C33H31FN2O5. The van der Waals surface area contributed by atoms with Gasteiger partial charge in [-0.25, -0.2) is 9.18 Å². The lowest BCUT2D eigenvalue weighted by Crippen LogP contribution is -2.35. The fourth-order valence-corrected chi connectivity index (χ4v) is 4.70. The number of hydrogen-bond donors (Lipinski definition) is 1. The zero-order valence-corrected chi connectivity index (χ0v) is 22.7. The Balaban J connectivity index is 1.10. The summed E-state index contributed by atoms with van der Waals surface area (Å²) in [6.07, 6.45) is 1.98. The molecule has 1 fully saturated rings. The second kappa shape index (κ2) is 13.0. The Morgan fingerprint density at radius 3 is 2.20 bits per heavy atom. The molecule has 0 bridgehead atoms. The quantitative estimate of drug-likeness (QED) is 0.226. The highest BCUT2D eigenvalue weighted by Crippen LogP contribution is 2.27. The molecule has 0 saturated carbocycles. The van der Waals surface area contributed by atoms with Crippen molar-refractivity contribution in [2.75, 3.05) is 37.0 Å². The van der Waals surface area contributed by atoms with Crippen LogP contribution in [0.4, 0.5) is 15.8 Å². The van der Waals surface area contributed by atoms with Crippen molar-refractivity contribution in [2.45, 2.75) is 12.8 Å². The van der Waals surface area contributed by atoms with Gasteiger partial charge in [-0.05, 0) is 104 Å². The maximum Gasteiger partial charge on any atom is 0.337 e. The van der Waals surface area contributed by atoms with Crippen LogP contribution < -0.4 is 19.7 Å². The van der Waals surface area contributed by atoms with Crippen LogP contribution in [-0.2, 0) is 4.74 Å². The van der Waals surface area contributed by atoms with Gasteiger partial charge in [-0.15, -0.1) is 0 Å². The van der Waals surface area contributed by atoms with E-state index in [1.54, 1.807) is 42.5 Å². The second-order valence-corrected chi connectivity index (χ2v) is 9.85. The molecule has 0 radical (unpaired) electrons. The van der Waals surface area contributed by atoms with Crippen LogP contribution in [0.1, 0.15) is 33.6 Å². The second-order valence-electron chi connectivity index (χ2n) is 9.85. The lowest BCUT2D eigenvalue weighted by Gasteiger charge is -2.33. The van der Waals surface area contributed by atoms with Gasteiger partial charge in [0, 0.05) is 30.0 Å². The molecule has 41 heavy (non-hydrogen) atoms. The predicted molar refractivity (Wildman–Crippen MR) is 156 cm³/mol. The Kier molecular flexibility index (Phi) is 8.79. The minimum atomic E-state index is -0.378. The van der Waals surface area contributed by atoms with Gasteiger partial charge in [0.15, 0.2) is 0 Å². The summed E-state index contributed by atoms with van der Waals surface area (Å²) in [4.78, 5) is 26.9. The number of esters is 1. The molecule has 1 saturated heterocycles. The zero-order valence-electron chi connectivity index (χ0n) is 22.7. The fourth-order valence-electron chi connectivity index (χ4n) is 4.70. The van der Waals surface area contributed by atoms with Crippen LogP contribution in [0.15, 0.2) is 97.1 Å². The van der Waals surface area contributed by atoms with E-state index in [9.17, 15) is 14.0 Å². The molecule has 210 valence electrons. The van der Waals surface area contributed by atoms with Gasteiger partial charge in [-0.1, -0.05) is 12.1 Å². The monoisotopic (exact) mass is 554 g/mol. The van der Waals surface area contributed by atoms with Crippen molar-refractivity contribution >= 4 is 23.3 Å². The first-order valence-electron chi connectivity index (χ1n) is 13.5. The maximum atomic E-state index is 13.1. The number of ether oxygens (including phenoxy) is 3. The highest BCUT2D eigenvalue weighted by Gasteiger charge is 2.20. The van der Waals surface area contributed by atoms with Gasteiger partial charge in [-0.2, -0.15) is 0 Å². The van der Waals surface area contributed by atoms with Gasteiger partial charge in [0.25, 0.3) is 5.91 Å². The first-order chi connectivity index (χ1) is 20.0. The molecule has 0 aromatic heterocycles. The number of amides is 1. The number of carbonyl (C=O) groups excluding carboxylic acids is 2. The molecule has 0 spiro atoms. The molecule has 1 N–H and O–H groups in total. The van der Waals surface area contributed by atoms with Gasteiger partial charge in [-0.3, -0.25) is 4.79 Å². The molecule has 4 aromatic rings. The zero-order chi connectivity index (χ0) is 28.6. The van der Waals surface area contributed by atoms with Gasteiger partial charge >= 0.3 is 5.97 Å². The number of rotatable bonds is 9. The van der Waals surface area contributed by atoms with Crippen LogP contribution >= 0.6 is 0 Å². The van der Waals surface area contributed by atoms with E-state index >= 15 is 0 Å². The fraction of sp³-hybridized carbons (Fsp3) is 0.212. The van der Waals surface area contributed by atoms with Crippen molar-refractivity contribution < 1.29 is 28.2 Å². The standard InChI is InChI=1S/C33H31FN2O5/c1-39-33(38)25-5-3-6-30(21-25)40-22-23-16-18-36(19-17-23)28-12-10-27(11-13-28)35-32(37)24-4-2-7-31(20-24)41-29-14-8-26(34)9-15-29/h2-15,20-21,23H,16-19,22H2,1H3,(H,35,37). The molecule has 7 nitrogen and oxygen atoms in total. The van der Waals surface area contributed by atoms with E-state index in [0.717, 1.165) is 31.6 Å². The first kappa shape index (κ1) is 27.7. The molecule has 1 aliphatic rings. The van der Waals surface area contributed by atoms with E-state index in [1.165, 1.54) is 31.4 Å². The molecule has 0 atom stereocenters. The smallest absolute Gasteiger partial charge is 0.337 e. The minimum absolute atomic E-state index is 0.250. The van der Waals surface area contributed by atoms with E-state index in [2.05, 4.69) is 10.2 Å². The Morgan fingerprint density at radius 1 is 0.829 bits per heavy atom. The Hall–Kier alpha value is -4.85. The summed E-state index contributed by atoms with van der Waals surface area (Å²) in [6.45, 7) is 2.41. The lowest BCUT2D eigenvalue weighted by atomic mass is 9.97. The summed E-state index contributed by atoms with van der Waals surface area (Å²) >= 11 is 0. The van der Waals surface area contributed by atoms with Crippen LogP contribution in [0.5, 0.6) is 17.2 Å². The molecule has 0 unspecified atom stereocenters. The molecule has 5 rings (SSSR count). The molecule has 1 heterocycles. The molecule has 4 aromatic carbocycles. The van der Waals surface area contributed by atoms with Crippen molar-refractivity contribution in [3.8, 4) is 17.2 Å². The van der Waals surface area contributed by atoms with E-state index in [-0.39, 0.29) is 17.7 Å². The number of methoxy groups -OCH3 is 1. The van der Waals surface area contributed by atoms with Gasteiger partial charge in [0.2, 0.25) is 0 Å². The number of nitrogens with zero attached hydrogens (tertiary/aromatic N) is 1. The minimum Gasteiger partial charge on any atom is -0.493 e. The van der Waals surface area contributed by atoms with Crippen LogP contribution in [0.25, 0.3) is 0 Å². The van der Waals surface area contributed by atoms with E-state index in [0.29, 0.717) is 46.6 Å². The molecular weight excluding hydrogens is 523 g/mol. The molecule has 1 amide bonds. The third-order valence-corrected chi connectivity index (χ3v) is 6.99. The largest absolute Gasteiger partial charge is 0.493 e. The van der Waals surface area contributed by atoms with E-state index < -0.39 is 0 Å². The summed E-state index contributed by atoms with van der Waals surface area (Å²) in [5.74, 6) is 1.10. The predicted octanol–water partition coefficient (Wildman–Crippen LogP) is 6.95. The number of benzene rings is 4. The number of anilines is 2. The third kappa shape index (κ3) is 7.42. The Morgan fingerprint density at radius 2 is 1.49 bits per heavy atom. The van der Waals surface area contributed by atoms with Crippen molar-refractivity contribution in [3.05, 3.63) is 114 Å². The van der Waals surface area contributed by atoms with E-state index in [4.69, 9.17) is 14.2 Å². The summed E-state index contributed by atoms with van der Waals surface area (Å²) in [7, 11) is 1.36.